The first-order chi connectivity index (χ1) is 11.0. The number of likely N-dealkylation sites (tertiary alicyclic amines) is 2. The summed E-state index contributed by atoms with van der Waals surface area (Å²) < 4.78 is 5.38. The minimum absolute atomic E-state index is 0.144. The summed E-state index contributed by atoms with van der Waals surface area (Å²) in [5, 5.41) is 9.44. The minimum atomic E-state index is -0.975. The maximum absolute atomic E-state index is 12.9. The van der Waals surface area contributed by atoms with Crippen molar-refractivity contribution >= 4 is 18.0 Å². The molecule has 7 heteroatoms. The normalized spacial score (nSPS) is 25.7. The van der Waals surface area contributed by atoms with E-state index < -0.39 is 29.1 Å². The Morgan fingerprint density at radius 1 is 1.21 bits per heavy atom. The fraction of sp³-hybridized carbons (Fsp3) is 0.824. The number of nitrogens with zero attached hydrogens (tertiary/aromatic N) is 2. The first kappa shape index (κ1) is 18.5. The molecular formula is C17H28N2O5. The molecule has 0 aromatic rings. The molecule has 7 nitrogen and oxygen atoms in total. The Morgan fingerprint density at radius 2 is 1.79 bits per heavy atom. The van der Waals surface area contributed by atoms with Gasteiger partial charge in [-0.2, -0.15) is 0 Å². The molecule has 2 atom stereocenters. The highest BCUT2D eigenvalue weighted by Gasteiger charge is 2.54. The third-order valence-corrected chi connectivity index (χ3v) is 4.77. The molecule has 2 saturated heterocycles. The molecule has 136 valence electrons. The Labute approximate surface area is 142 Å². The molecule has 2 heterocycles. The van der Waals surface area contributed by atoms with E-state index >= 15 is 0 Å². The second-order valence-electron chi connectivity index (χ2n) is 8.21. The topological polar surface area (TPSA) is 87.2 Å². The summed E-state index contributed by atoms with van der Waals surface area (Å²) in [7, 11) is 0. The Hall–Kier alpha value is -1.79. The summed E-state index contributed by atoms with van der Waals surface area (Å²) in [6.45, 7) is 10.2. The Bertz CT molecular complexity index is 540. The second-order valence-corrected chi connectivity index (χ2v) is 8.21. The van der Waals surface area contributed by atoms with Crippen molar-refractivity contribution in [1.29, 1.82) is 0 Å². The Morgan fingerprint density at radius 3 is 2.29 bits per heavy atom. The predicted octanol–water partition coefficient (Wildman–Crippen LogP) is 1.96. The first-order valence-electron chi connectivity index (χ1n) is 8.49. The van der Waals surface area contributed by atoms with Gasteiger partial charge in [0.05, 0.1) is 5.41 Å². The smallest absolute Gasteiger partial charge is 0.410 e. The van der Waals surface area contributed by atoms with Gasteiger partial charge in [0.1, 0.15) is 11.6 Å². The zero-order valence-corrected chi connectivity index (χ0v) is 15.2. The number of carbonyl (C=O) groups excluding carboxylic acids is 2. The van der Waals surface area contributed by atoms with E-state index in [-0.39, 0.29) is 11.8 Å². The molecule has 2 amide bonds. The van der Waals surface area contributed by atoms with Gasteiger partial charge in [0.25, 0.3) is 0 Å². The third-order valence-electron chi connectivity index (χ3n) is 4.77. The molecule has 1 unspecified atom stereocenters. The van der Waals surface area contributed by atoms with Crippen molar-refractivity contribution in [1.82, 2.24) is 9.80 Å². The lowest BCUT2D eigenvalue weighted by Crippen LogP contribution is -2.48. The standard InChI is InChI=1S/C17H28N2O5/c1-11(2)12(13(20)21)19-9-7-17(14(19)22)6-8-18(10-17)15(23)24-16(3,4)5/h11-12H,6-10H2,1-5H3,(H,20,21)/t12?,17-/m1/s1. The molecule has 0 radical (unpaired) electrons. The summed E-state index contributed by atoms with van der Waals surface area (Å²) in [6.07, 6.45) is 0.734. The van der Waals surface area contributed by atoms with Crippen molar-refractivity contribution in [3.63, 3.8) is 0 Å². The van der Waals surface area contributed by atoms with Crippen molar-refractivity contribution < 1.29 is 24.2 Å². The SMILES string of the molecule is CC(C)C(C(=O)O)N1CC[C@@]2(CCN(C(=O)OC(C)(C)C)C2)C1=O. The lowest BCUT2D eigenvalue weighted by molar-refractivity contribution is -0.152. The molecule has 1 spiro atoms. The van der Waals surface area contributed by atoms with Gasteiger partial charge < -0.3 is 19.6 Å². The summed E-state index contributed by atoms with van der Waals surface area (Å²) >= 11 is 0. The van der Waals surface area contributed by atoms with Crippen LogP contribution in [-0.4, -0.2) is 64.2 Å². The van der Waals surface area contributed by atoms with Crippen LogP contribution in [0.4, 0.5) is 4.79 Å². The molecule has 0 aromatic heterocycles. The number of ether oxygens (including phenoxy) is 1. The highest BCUT2D eigenvalue weighted by molar-refractivity contribution is 5.90. The second kappa shape index (κ2) is 6.26. The monoisotopic (exact) mass is 340 g/mol. The first-order valence-corrected chi connectivity index (χ1v) is 8.49. The van der Waals surface area contributed by atoms with E-state index in [4.69, 9.17) is 4.74 Å². The number of hydrogen-bond acceptors (Lipinski definition) is 4. The van der Waals surface area contributed by atoms with Crippen molar-refractivity contribution in [2.24, 2.45) is 11.3 Å². The van der Waals surface area contributed by atoms with E-state index in [1.165, 1.54) is 4.90 Å². The molecule has 2 rings (SSSR count). The van der Waals surface area contributed by atoms with Crippen LogP contribution in [0.5, 0.6) is 0 Å². The molecule has 0 bridgehead atoms. The third kappa shape index (κ3) is 3.49. The van der Waals surface area contributed by atoms with Gasteiger partial charge in [-0.25, -0.2) is 9.59 Å². The van der Waals surface area contributed by atoms with Crippen LogP contribution in [0.15, 0.2) is 0 Å². The molecule has 2 fully saturated rings. The van der Waals surface area contributed by atoms with E-state index in [1.807, 2.05) is 0 Å². The average molecular weight is 340 g/mol. The number of rotatable bonds is 3. The van der Waals surface area contributed by atoms with Crippen molar-refractivity contribution in [2.75, 3.05) is 19.6 Å². The van der Waals surface area contributed by atoms with Crippen LogP contribution in [0.2, 0.25) is 0 Å². The van der Waals surface area contributed by atoms with Crippen LogP contribution in [0.3, 0.4) is 0 Å². The van der Waals surface area contributed by atoms with Crippen molar-refractivity contribution in [2.45, 2.75) is 59.1 Å². The maximum atomic E-state index is 12.9. The summed E-state index contributed by atoms with van der Waals surface area (Å²) in [5.74, 6) is -1.28. The van der Waals surface area contributed by atoms with Crippen LogP contribution in [-0.2, 0) is 14.3 Å². The molecular weight excluding hydrogens is 312 g/mol. The van der Waals surface area contributed by atoms with Gasteiger partial charge in [-0.3, -0.25) is 4.79 Å². The quantitative estimate of drug-likeness (QED) is 0.848. The summed E-state index contributed by atoms with van der Waals surface area (Å²) in [5.41, 5.74) is -1.23. The van der Waals surface area contributed by atoms with Gasteiger partial charge in [0, 0.05) is 19.6 Å². The van der Waals surface area contributed by atoms with E-state index in [2.05, 4.69) is 0 Å². The molecule has 24 heavy (non-hydrogen) atoms. The lowest BCUT2D eigenvalue weighted by atomic mass is 9.85. The fourth-order valence-electron chi connectivity index (χ4n) is 3.62. The van der Waals surface area contributed by atoms with Crippen molar-refractivity contribution in [3.05, 3.63) is 0 Å². The molecule has 1 N–H and O–H groups in total. The van der Waals surface area contributed by atoms with Crippen LogP contribution in [0, 0.1) is 11.3 Å². The van der Waals surface area contributed by atoms with E-state index in [0.717, 1.165) is 0 Å². The van der Waals surface area contributed by atoms with E-state index in [1.54, 1.807) is 39.5 Å². The average Bonchev–Trinajstić information content (AvgIpc) is 2.97. The van der Waals surface area contributed by atoms with Crippen molar-refractivity contribution in [3.8, 4) is 0 Å². The maximum Gasteiger partial charge on any atom is 0.410 e. The fourth-order valence-corrected chi connectivity index (χ4v) is 3.62. The number of carboxylic acids is 1. The van der Waals surface area contributed by atoms with Crippen LogP contribution < -0.4 is 0 Å². The van der Waals surface area contributed by atoms with Gasteiger partial charge >= 0.3 is 12.1 Å². The van der Waals surface area contributed by atoms with Gasteiger partial charge in [-0.05, 0) is 39.5 Å². The lowest BCUT2D eigenvalue weighted by Gasteiger charge is -2.30. The molecule has 0 aliphatic carbocycles. The van der Waals surface area contributed by atoms with E-state index in [0.29, 0.717) is 32.5 Å². The Kier molecular flexibility index (Phi) is 4.84. The number of carboxylic acid groups (broad SMARTS) is 1. The zero-order chi connectivity index (χ0) is 18.3. The molecule has 0 saturated carbocycles. The number of hydrogen-bond donors (Lipinski definition) is 1. The van der Waals surface area contributed by atoms with Crippen LogP contribution in [0.25, 0.3) is 0 Å². The van der Waals surface area contributed by atoms with Gasteiger partial charge in [0.2, 0.25) is 5.91 Å². The van der Waals surface area contributed by atoms with Crippen LogP contribution >= 0.6 is 0 Å². The largest absolute Gasteiger partial charge is 0.480 e. The van der Waals surface area contributed by atoms with Gasteiger partial charge in [-0.15, -0.1) is 0 Å². The predicted molar refractivity (Wildman–Crippen MR) is 87.4 cm³/mol. The number of aliphatic carboxylic acids is 1. The minimum Gasteiger partial charge on any atom is -0.480 e. The summed E-state index contributed by atoms with van der Waals surface area (Å²) in [4.78, 5) is 39.7. The summed E-state index contributed by atoms with van der Waals surface area (Å²) in [6, 6.07) is -0.813. The molecule has 0 aromatic carbocycles. The number of amides is 2. The van der Waals surface area contributed by atoms with Gasteiger partial charge in [0.15, 0.2) is 0 Å². The van der Waals surface area contributed by atoms with Gasteiger partial charge in [-0.1, -0.05) is 13.8 Å². The van der Waals surface area contributed by atoms with E-state index in [9.17, 15) is 19.5 Å². The molecule has 2 aliphatic heterocycles. The highest BCUT2D eigenvalue weighted by atomic mass is 16.6. The number of carbonyl (C=O) groups is 3. The highest BCUT2D eigenvalue weighted by Crippen LogP contribution is 2.42. The molecule has 2 aliphatic rings. The zero-order valence-electron chi connectivity index (χ0n) is 15.2. The Balaban J connectivity index is 2.10. The van der Waals surface area contributed by atoms with Crippen LogP contribution in [0.1, 0.15) is 47.5 Å².